The van der Waals surface area contributed by atoms with Crippen molar-refractivity contribution in [1.82, 2.24) is 9.80 Å². The van der Waals surface area contributed by atoms with Crippen LogP contribution in [0.1, 0.15) is 11.1 Å². The summed E-state index contributed by atoms with van der Waals surface area (Å²) in [5.74, 6) is -8.88. The van der Waals surface area contributed by atoms with Gasteiger partial charge < -0.3 is 10.2 Å². The molecule has 10 heteroatoms. The summed E-state index contributed by atoms with van der Waals surface area (Å²) in [6, 6.07) is 13.1. The summed E-state index contributed by atoms with van der Waals surface area (Å²) >= 11 is 6.17. The summed E-state index contributed by atoms with van der Waals surface area (Å²) < 4.78 is 68.7. The molecular formula is C24H18ClF5N4. The van der Waals surface area contributed by atoms with Crippen molar-refractivity contribution in [3.63, 3.8) is 0 Å². The highest BCUT2D eigenvalue weighted by atomic mass is 35.5. The Morgan fingerprint density at radius 2 is 1.44 bits per heavy atom. The van der Waals surface area contributed by atoms with Gasteiger partial charge in [-0.1, -0.05) is 23.7 Å². The summed E-state index contributed by atoms with van der Waals surface area (Å²) in [6.45, 7) is 1.19. The third-order valence-corrected chi connectivity index (χ3v) is 6.21. The zero-order valence-electron chi connectivity index (χ0n) is 17.7. The lowest BCUT2D eigenvalue weighted by atomic mass is 10.1. The van der Waals surface area contributed by atoms with Gasteiger partial charge in [-0.15, -0.1) is 0 Å². The van der Waals surface area contributed by atoms with Crippen LogP contribution in [0.5, 0.6) is 0 Å². The Hall–Kier alpha value is -3.17. The van der Waals surface area contributed by atoms with Gasteiger partial charge in [0, 0.05) is 54.6 Å². The Morgan fingerprint density at radius 1 is 0.794 bits per heavy atom. The Kier molecular flexibility index (Phi) is 5.91. The number of hydrogen-bond donors (Lipinski definition) is 1. The van der Waals surface area contributed by atoms with Gasteiger partial charge in [-0.05, 0) is 30.3 Å². The first kappa shape index (κ1) is 22.6. The van der Waals surface area contributed by atoms with Gasteiger partial charge in [0.05, 0.1) is 11.4 Å². The molecule has 0 aromatic heterocycles. The average Bonchev–Trinajstić information content (AvgIpc) is 3.01. The molecule has 1 N–H and O–H groups in total. The molecule has 5 rings (SSSR count). The van der Waals surface area contributed by atoms with E-state index in [0.717, 1.165) is 16.9 Å². The lowest BCUT2D eigenvalue weighted by Gasteiger charge is -2.36. The molecule has 34 heavy (non-hydrogen) atoms. The van der Waals surface area contributed by atoms with E-state index in [1.165, 1.54) is 0 Å². The van der Waals surface area contributed by atoms with E-state index >= 15 is 0 Å². The van der Waals surface area contributed by atoms with Crippen molar-refractivity contribution in [3.8, 4) is 0 Å². The van der Waals surface area contributed by atoms with Gasteiger partial charge in [0.1, 0.15) is 5.84 Å². The molecule has 0 bridgehead atoms. The minimum atomic E-state index is -2.15. The quantitative estimate of drug-likeness (QED) is 0.271. The van der Waals surface area contributed by atoms with Crippen molar-refractivity contribution < 1.29 is 22.0 Å². The second kappa shape index (κ2) is 8.88. The smallest absolute Gasteiger partial charge is 0.200 e. The van der Waals surface area contributed by atoms with Crippen molar-refractivity contribution in [2.24, 2.45) is 4.99 Å². The molecule has 0 radical (unpaired) electrons. The first-order chi connectivity index (χ1) is 16.3. The van der Waals surface area contributed by atoms with Crippen LogP contribution in [-0.4, -0.2) is 41.8 Å². The zero-order chi connectivity index (χ0) is 24.0. The number of anilines is 2. The lowest BCUT2D eigenvalue weighted by molar-refractivity contribution is 0.170. The molecule has 3 aromatic carbocycles. The normalized spacial score (nSPS) is 15.8. The van der Waals surface area contributed by atoms with Crippen LogP contribution in [0, 0.1) is 29.1 Å². The molecule has 2 heterocycles. The van der Waals surface area contributed by atoms with Crippen molar-refractivity contribution in [2.75, 3.05) is 31.5 Å². The molecule has 1 saturated heterocycles. The number of nitrogens with one attached hydrogen (secondary N) is 1. The number of fused-ring (bicyclic) bond motifs is 2. The van der Waals surface area contributed by atoms with Gasteiger partial charge in [0.15, 0.2) is 23.3 Å². The lowest BCUT2D eigenvalue weighted by Crippen LogP contribution is -2.48. The molecule has 0 amide bonds. The van der Waals surface area contributed by atoms with E-state index in [9.17, 15) is 22.0 Å². The highest BCUT2D eigenvalue weighted by Gasteiger charge is 2.29. The summed E-state index contributed by atoms with van der Waals surface area (Å²) in [6.07, 6.45) is 0. The maximum atomic E-state index is 14.1. The van der Waals surface area contributed by atoms with Gasteiger partial charge >= 0.3 is 0 Å². The third kappa shape index (κ3) is 3.99. The van der Waals surface area contributed by atoms with Crippen molar-refractivity contribution >= 4 is 34.5 Å². The summed E-state index contributed by atoms with van der Waals surface area (Å²) in [4.78, 5) is 8.54. The van der Waals surface area contributed by atoms with Gasteiger partial charge in [0.2, 0.25) is 5.82 Å². The average molecular weight is 493 g/mol. The van der Waals surface area contributed by atoms with Crippen molar-refractivity contribution in [3.05, 3.63) is 87.7 Å². The number of nitrogens with zero attached hydrogens (tertiary/aromatic N) is 3. The second-order valence-electron chi connectivity index (χ2n) is 8.08. The number of amidine groups is 1. The molecular weight excluding hydrogens is 475 g/mol. The van der Waals surface area contributed by atoms with Crippen LogP contribution in [0.2, 0.25) is 5.02 Å². The van der Waals surface area contributed by atoms with E-state index in [1.54, 1.807) is 17.0 Å². The molecule has 4 nitrogen and oxygen atoms in total. The largest absolute Gasteiger partial charge is 0.353 e. The topological polar surface area (TPSA) is 30.9 Å². The van der Waals surface area contributed by atoms with E-state index in [-0.39, 0.29) is 6.54 Å². The van der Waals surface area contributed by atoms with Gasteiger partial charge in [-0.3, -0.25) is 4.90 Å². The number of piperazine rings is 1. The molecule has 2 aliphatic rings. The highest BCUT2D eigenvalue weighted by Crippen LogP contribution is 2.36. The number of hydrogen-bond acceptors (Lipinski definition) is 4. The fraction of sp³-hybridized carbons (Fsp3) is 0.208. The molecule has 0 aliphatic carbocycles. The van der Waals surface area contributed by atoms with Crippen LogP contribution < -0.4 is 5.32 Å². The molecule has 0 atom stereocenters. The number of rotatable bonds is 2. The molecule has 0 unspecified atom stereocenters. The van der Waals surface area contributed by atoms with Gasteiger partial charge in [0.25, 0.3) is 0 Å². The second-order valence-corrected chi connectivity index (χ2v) is 8.52. The fourth-order valence-electron chi connectivity index (χ4n) is 4.18. The van der Waals surface area contributed by atoms with E-state index in [0.29, 0.717) is 42.7 Å². The standard InChI is InChI=1S/C24H18ClF5N4/c25-13-5-6-17-18(11-13)32-24(14-3-1-2-4-16(14)31-17)34-9-7-33(8-10-34)12-15-19(26)21(28)23(30)22(29)20(15)27/h1-6,11,31H,7-10,12H2. The first-order valence-electron chi connectivity index (χ1n) is 10.6. The zero-order valence-corrected chi connectivity index (χ0v) is 18.4. The number of aliphatic imine (C=N–C) groups is 1. The van der Waals surface area contributed by atoms with Crippen LogP contribution in [0.15, 0.2) is 47.5 Å². The fourth-order valence-corrected chi connectivity index (χ4v) is 4.35. The number of para-hydroxylation sites is 1. The Balaban J connectivity index is 1.40. The van der Waals surface area contributed by atoms with Crippen LogP contribution in [0.4, 0.5) is 39.0 Å². The molecule has 0 saturated carbocycles. The Labute approximate surface area is 197 Å². The Bertz CT molecular complexity index is 1280. The van der Waals surface area contributed by atoms with Gasteiger partial charge in [-0.2, -0.15) is 0 Å². The summed E-state index contributed by atoms with van der Waals surface area (Å²) in [5.41, 5.74) is 2.39. The number of halogens is 6. The molecule has 1 fully saturated rings. The van der Waals surface area contributed by atoms with Crippen LogP contribution in [-0.2, 0) is 6.54 Å². The SMILES string of the molecule is Fc1c(F)c(F)c(CN2CCN(C3=Nc4cc(Cl)ccc4Nc4ccccc43)CC2)c(F)c1F. The maximum Gasteiger partial charge on any atom is 0.200 e. The van der Waals surface area contributed by atoms with Crippen LogP contribution in [0.25, 0.3) is 0 Å². The van der Waals surface area contributed by atoms with Crippen molar-refractivity contribution in [2.45, 2.75) is 6.54 Å². The highest BCUT2D eigenvalue weighted by molar-refractivity contribution is 6.31. The minimum Gasteiger partial charge on any atom is -0.353 e. The minimum absolute atomic E-state index is 0.344. The Morgan fingerprint density at radius 3 is 2.15 bits per heavy atom. The van der Waals surface area contributed by atoms with E-state index < -0.39 is 34.6 Å². The monoisotopic (exact) mass is 492 g/mol. The van der Waals surface area contributed by atoms with E-state index in [2.05, 4.69) is 5.32 Å². The molecule has 2 aliphatic heterocycles. The predicted octanol–water partition coefficient (Wildman–Crippen LogP) is 5.99. The molecule has 3 aromatic rings. The van der Waals surface area contributed by atoms with E-state index in [4.69, 9.17) is 16.6 Å². The number of benzene rings is 3. The maximum absolute atomic E-state index is 14.1. The third-order valence-electron chi connectivity index (χ3n) is 5.98. The van der Waals surface area contributed by atoms with Crippen LogP contribution >= 0.6 is 11.6 Å². The summed E-state index contributed by atoms with van der Waals surface area (Å²) in [7, 11) is 0. The van der Waals surface area contributed by atoms with Crippen LogP contribution in [0.3, 0.4) is 0 Å². The van der Waals surface area contributed by atoms with Crippen molar-refractivity contribution in [1.29, 1.82) is 0 Å². The van der Waals surface area contributed by atoms with Gasteiger partial charge in [-0.25, -0.2) is 26.9 Å². The summed E-state index contributed by atoms with van der Waals surface area (Å²) in [5, 5.41) is 3.92. The first-order valence-corrected chi connectivity index (χ1v) is 10.9. The predicted molar refractivity (Wildman–Crippen MR) is 120 cm³/mol. The molecule has 176 valence electrons. The molecule has 0 spiro atoms. The van der Waals surface area contributed by atoms with E-state index in [1.807, 2.05) is 35.2 Å².